The SMILES string of the molecule is CC[Si](CC)(CC)OCCC(CCO[Si](CC)(CC)CC)(C1=CC=CC1)C1=CC=CC1. The van der Waals surface area contributed by atoms with E-state index in [4.69, 9.17) is 8.85 Å². The molecule has 2 rings (SSSR count). The Kier molecular flexibility index (Phi) is 10.7. The highest BCUT2D eigenvalue weighted by molar-refractivity contribution is 6.73. The summed E-state index contributed by atoms with van der Waals surface area (Å²) in [5.41, 5.74) is 3.23. The number of rotatable bonds is 16. The maximum absolute atomic E-state index is 6.77. The van der Waals surface area contributed by atoms with E-state index in [0.29, 0.717) is 0 Å². The van der Waals surface area contributed by atoms with Crippen molar-refractivity contribution in [2.24, 2.45) is 5.41 Å². The van der Waals surface area contributed by atoms with Gasteiger partial charge in [0.1, 0.15) is 0 Å². The Morgan fingerprint density at radius 2 is 1.00 bits per heavy atom. The highest BCUT2D eigenvalue weighted by Gasteiger charge is 2.40. The van der Waals surface area contributed by atoms with Crippen molar-refractivity contribution in [2.75, 3.05) is 13.2 Å². The van der Waals surface area contributed by atoms with Crippen LogP contribution in [-0.4, -0.2) is 29.8 Å². The van der Waals surface area contributed by atoms with Gasteiger partial charge in [-0.15, -0.1) is 0 Å². The zero-order chi connectivity index (χ0) is 22.8. The van der Waals surface area contributed by atoms with Gasteiger partial charge in [-0.05, 0) is 61.9 Å². The normalized spacial score (nSPS) is 16.8. The summed E-state index contributed by atoms with van der Waals surface area (Å²) in [4.78, 5) is 0. The molecule has 0 N–H and O–H groups in total. The molecular formula is C27H48O2Si2. The van der Waals surface area contributed by atoms with Crippen LogP contribution in [0.15, 0.2) is 47.6 Å². The van der Waals surface area contributed by atoms with E-state index < -0.39 is 16.6 Å². The first-order valence-corrected chi connectivity index (χ1v) is 18.1. The van der Waals surface area contributed by atoms with Crippen LogP contribution in [0, 0.1) is 5.41 Å². The molecule has 176 valence electrons. The third-order valence-electron chi connectivity index (χ3n) is 8.51. The minimum absolute atomic E-state index is 0.0811. The van der Waals surface area contributed by atoms with Crippen molar-refractivity contribution in [1.29, 1.82) is 0 Å². The fourth-order valence-corrected chi connectivity index (χ4v) is 10.9. The summed E-state index contributed by atoms with van der Waals surface area (Å²) in [7, 11) is -3.14. The van der Waals surface area contributed by atoms with Gasteiger partial charge in [-0.25, -0.2) is 0 Å². The summed E-state index contributed by atoms with van der Waals surface area (Å²) in [6.45, 7) is 15.8. The highest BCUT2D eigenvalue weighted by atomic mass is 28.4. The maximum atomic E-state index is 6.77. The molecule has 0 spiro atoms. The van der Waals surface area contributed by atoms with E-state index in [1.807, 2.05) is 0 Å². The molecule has 31 heavy (non-hydrogen) atoms. The predicted octanol–water partition coefficient (Wildman–Crippen LogP) is 8.57. The van der Waals surface area contributed by atoms with Crippen LogP contribution in [-0.2, 0) is 8.85 Å². The molecule has 0 amide bonds. The summed E-state index contributed by atoms with van der Waals surface area (Å²) in [5.74, 6) is 0. The van der Waals surface area contributed by atoms with Gasteiger partial charge in [-0.3, -0.25) is 0 Å². The van der Waals surface area contributed by atoms with Gasteiger partial charge in [0.25, 0.3) is 0 Å². The summed E-state index contributed by atoms with van der Waals surface area (Å²) >= 11 is 0. The molecule has 0 saturated carbocycles. The molecule has 0 aromatic heterocycles. The van der Waals surface area contributed by atoms with E-state index in [1.54, 1.807) is 11.1 Å². The Hall–Kier alpha value is -0.686. The molecule has 2 aliphatic carbocycles. The molecule has 0 aromatic rings. The maximum Gasteiger partial charge on any atom is 0.191 e. The van der Waals surface area contributed by atoms with E-state index in [2.05, 4.69) is 78.0 Å². The predicted molar refractivity (Wildman–Crippen MR) is 142 cm³/mol. The first-order chi connectivity index (χ1) is 15.0. The van der Waals surface area contributed by atoms with Crippen molar-refractivity contribution >= 4 is 16.6 Å². The van der Waals surface area contributed by atoms with E-state index >= 15 is 0 Å². The minimum atomic E-state index is -1.57. The van der Waals surface area contributed by atoms with Crippen LogP contribution < -0.4 is 0 Å². The number of hydrogen-bond donors (Lipinski definition) is 0. The number of allylic oxidation sites excluding steroid dienone is 8. The lowest BCUT2D eigenvalue weighted by atomic mass is 9.68. The molecule has 0 bridgehead atoms. The average Bonchev–Trinajstić information content (AvgIpc) is 3.54. The Morgan fingerprint density at radius 3 is 1.26 bits per heavy atom. The first kappa shape index (κ1) is 26.6. The Labute approximate surface area is 195 Å². The second kappa shape index (κ2) is 12.5. The molecule has 0 fully saturated rings. The van der Waals surface area contributed by atoms with E-state index in [0.717, 1.165) is 38.9 Å². The zero-order valence-electron chi connectivity index (χ0n) is 21.3. The van der Waals surface area contributed by atoms with Crippen molar-refractivity contribution in [1.82, 2.24) is 0 Å². The Balaban J connectivity index is 2.23. The van der Waals surface area contributed by atoms with Crippen LogP contribution in [0.4, 0.5) is 0 Å². The van der Waals surface area contributed by atoms with E-state index in [-0.39, 0.29) is 5.41 Å². The van der Waals surface area contributed by atoms with Crippen molar-refractivity contribution in [2.45, 2.75) is 103 Å². The van der Waals surface area contributed by atoms with Gasteiger partial charge in [-0.2, -0.15) is 0 Å². The van der Waals surface area contributed by atoms with Gasteiger partial charge in [0.2, 0.25) is 0 Å². The summed E-state index contributed by atoms with van der Waals surface area (Å²) in [6.07, 6.45) is 18.2. The quantitative estimate of drug-likeness (QED) is 0.215. The standard InChI is InChI=1S/C27H48O2Si2/c1-7-30(8-2,9-3)28-23-21-27(25-17-13-14-18-25,26-19-15-16-20-26)22-24-29-31(10-4,11-5)12-6/h13-17,19H,7-12,18,20-24H2,1-6H3. The second-order valence-electron chi connectivity index (χ2n) is 9.41. The monoisotopic (exact) mass is 460 g/mol. The summed E-state index contributed by atoms with van der Waals surface area (Å²) in [6, 6.07) is 7.35. The van der Waals surface area contributed by atoms with Crippen molar-refractivity contribution < 1.29 is 8.85 Å². The van der Waals surface area contributed by atoms with Gasteiger partial charge in [0.05, 0.1) is 0 Å². The third-order valence-corrected chi connectivity index (χ3v) is 17.9. The largest absolute Gasteiger partial charge is 0.417 e. The highest BCUT2D eigenvalue weighted by Crippen LogP contribution is 2.48. The summed E-state index contributed by atoms with van der Waals surface area (Å²) in [5, 5.41) is 0. The lowest BCUT2D eigenvalue weighted by Gasteiger charge is -2.40. The summed E-state index contributed by atoms with van der Waals surface area (Å²) < 4.78 is 13.5. The molecule has 0 saturated heterocycles. The van der Waals surface area contributed by atoms with Crippen LogP contribution in [0.2, 0.25) is 36.3 Å². The van der Waals surface area contributed by atoms with E-state index in [9.17, 15) is 0 Å². The molecule has 0 atom stereocenters. The lowest BCUT2D eigenvalue weighted by molar-refractivity contribution is 0.192. The minimum Gasteiger partial charge on any atom is -0.417 e. The van der Waals surface area contributed by atoms with Crippen LogP contribution in [0.3, 0.4) is 0 Å². The molecule has 0 aromatic carbocycles. The molecule has 2 aliphatic rings. The number of hydrogen-bond acceptors (Lipinski definition) is 2. The van der Waals surface area contributed by atoms with E-state index in [1.165, 1.54) is 36.3 Å². The fourth-order valence-electron chi connectivity index (χ4n) is 5.57. The van der Waals surface area contributed by atoms with Gasteiger partial charge in [0, 0.05) is 18.6 Å². The smallest absolute Gasteiger partial charge is 0.191 e. The van der Waals surface area contributed by atoms with Gasteiger partial charge in [-0.1, -0.05) is 89.1 Å². The Bertz CT molecular complexity index is 592. The van der Waals surface area contributed by atoms with Crippen LogP contribution >= 0.6 is 0 Å². The van der Waals surface area contributed by atoms with Crippen molar-refractivity contribution in [3.63, 3.8) is 0 Å². The molecule has 0 radical (unpaired) electrons. The molecule has 0 unspecified atom stereocenters. The fraction of sp³-hybridized carbons (Fsp3) is 0.704. The molecule has 2 nitrogen and oxygen atoms in total. The topological polar surface area (TPSA) is 18.5 Å². The van der Waals surface area contributed by atoms with Crippen LogP contribution in [0.25, 0.3) is 0 Å². The van der Waals surface area contributed by atoms with Gasteiger partial charge >= 0.3 is 0 Å². The van der Waals surface area contributed by atoms with Crippen molar-refractivity contribution in [3.8, 4) is 0 Å². The molecule has 0 aliphatic heterocycles. The molecule has 0 heterocycles. The first-order valence-electron chi connectivity index (χ1n) is 13.0. The third kappa shape index (κ3) is 6.22. The van der Waals surface area contributed by atoms with Gasteiger partial charge < -0.3 is 8.85 Å². The van der Waals surface area contributed by atoms with Crippen molar-refractivity contribution in [3.05, 3.63) is 47.6 Å². The van der Waals surface area contributed by atoms with Crippen LogP contribution in [0.5, 0.6) is 0 Å². The van der Waals surface area contributed by atoms with Crippen LogP contribution in [0.1, 0.15) is 67.2 Å². The molecular weight excluding hydrogens is 412 g/mol. The Morgan fingerprint density at radius 1 is 0.645 bits per heavy atom. The zero-order valence-corrected chi connectivity index (χ0v) is 23.3. The van der Waals surface area contributed by atoms with Gasteiger partial charge in [0.15, 0.2) is 16.6 Å². The molecule has 4 heteroatoms. The lowest BCUT2D eigenvalue weighted by Crippen LogP contribution is -2.39. The average molecular weight is 461 g/mol. The second-order valence-corrected chi connectivity index (χ2v) is 19.0.